The Kier molecular flexibility index (Phi) is 7.25. The smallest absolute Gasteiger partial charge is 0.217 e. The zero-order chi connectivity index (χ0) is 22.9. The quantitative estimate of drug-likeness (QED) is 0.227. The van der Waals surface area contributed by atoms with Gasteiger partial charge in [0.2, 0.25) is 5.91 Å². The van der Waals surface area contributed by atoms with Crippen LogP contribution >= 0.6 is 0 Å². The molecule has 10 atom stereocenters. The third-order valence-corrected chi connectivity index (χ3v) is 5.90. The van der Waals surface area contributed by atoms with Crippen molar-refractivity contribution in [2.24, 2.45) is 5.92 Å². The second kappa shape index (κ2) is 9.40. The Balaban J connectivity index is 1.87. The molecule has 0 bridgehead atoms. The summed E-state index contributed by atoms with van der Waals surface area (Å²) in [6, 6.07) is -0.794. The summed E-state index contributed by atoms with van der Waals surface area (Å²) in [5.41, 5.74) is -0.712. The normalized spacial score (nSPS) is 44.3. The number of aliphatic hydroxyl groups excluding tert-OH is 4. The Bertz CT molecular complexity index is 741. The van der Waals surface area contributed by atoms with Gasteiger partial charge in [0.1, 0.15) is 24.4 Å². The highest BCUT2D eigenvalue weighted by atomic mass is 16.7. The molecule has 1 amide bonds. The summed E-state index contributed by atoms with van der Waals surface area (Å²) < 4.78 is 22.8. The van der Waals surface area contributed by atoms with Gasteiger partial charge in [-0.2, -0.15) is 0 Å². The van der Waals surface area contributed by atoms with E-state index in [1.54, 1.807) is 13.0 Å². The zero-order valence-corrected chi connectivity index (χ0v) is 17.6. The monoisotopic (exact) mass is 442 g/mol. The molecule has 2 aliphatic heterocycles. The molecule has 3 aliphatic rings. The first-order valence-corrected chi connectivity index (χ1v) is 10.0. The van der Waals surface area contributed by atoms with Crippen LogP contribution in [0.1, 0.15) is 13.8 Å². The molecule has 2 fully saturated rings. The fourth-order valence-corrected chi connectivity index (χ4v) is 4.12. The van der Waals surface area contributed by atoms with E-state index in [0.29, 0.717) is 5.70 Å². The molecule has 1 spiro atoms. The molecule has 2 heterocycles. The Hall–Kier alpha value is -1.75. The summed E-state index contributed by atoms with van der Waals surface area (Å²) in [5, 5.41) is 46.9. The molecule has 174 valence electrons. The van der Waals surface area contributed by atoms with Crippen molar-refractivity contribution in [3.05, 3.63) is 11.8 Å². The van der Waals surface area contributed by atoms with Crippen LogP contribution in [0.4, 0.5) is 0 Å². The molecule has 3 rings (SSSR count). The average Bonchev–Trinajstić information content (AvgIpc) is 3.44. The molecule has 0 aromatic rings. The molecule has 0 aromatic heterocycles. The topological polar surface area (TPSA) is 159 Å². The second-order valence-electron chi connectivity index (χ2n) is 7.97. The Labute approximate surface area is 180 Å². The summed E-state index contributed by atoms with van der Waals surface area (Å²) in [5.74, 6) is 1.52. The van der Waals surface area contributed by atoms with E-state index in [0.717, 1.165) is 0 Å². The van der Waals surface area contributed by atoms with E-state index in [9.17, 15) is 25.2 Å². The highest BCUT2D eigenvalue weighted by Gasteiger charge is 2.64. The number of hydrogen-bond acceptors (Lipinski definition) is 10. The first-order chi connectivity index (χ1) is 14.7. The number of ether oxygens (including phenoxy) is 4. The molecule has 0 saturated carbocycles. The van der Waals surface area contributed by atoms with Crippen LogP contribution in [-0.4, -0.2) is 101 Å². The fourth-order valence-electron chi connectivity index (χ4n) is 4.12. The number of carbonyl (C=O) groups excluding carboxylic acids is 1. The van der Waals surface area contributed by atoms with E-state index >= 15 is 0 Å². The van der Waals surface area contributed by atoms with E-state index in [1.807, 2.05) is 0 Å². The van der Waals surface area contributed by atoms with Gasteiger partial charge in [-0.1, -0.05) is 12.8 Å². The molecule has 31 heavy (non-hydrogen) atoms. The lowest BCUT2D eigenvalue weighted by molar-refractivity contribution is -0.342. The molecule has 2 saturated heterocycles. The van der Waals surface area contributed by atoms with E-state index in [2.05, 4.69) is 16.6 Å². The Morgan fingerprint density at radius 1 is 1.29 bits per heavy atom. The van der Waals surface area contributed by atoms with Crippen LogP contribution in [0.5, 0.6) is 0 Å². The SMILES string of the molecule is C#CCNC1=C[C@]12OC(OC)C(O)C(O)[C@H]2O[C@H]1OC(CO)C(O)C(C)C1NC(C)=O. The van der Waals surface area contributed by atoms with Gasteiger partial charge in [0.05, 0.1) is 31.0 Å². The van der Waals surface area contributed by atoms with Crippen LogP contribution in [-0.2, 0) is 23.7 Å². The van der Waals surface area contributed by atoms with Crippen LogP contribution in [0.2, 0.25) is 0 Å². The largest absolute Gasteiger partial charge is 0.394 e. The fraction of sp³-hybridized carbons (Fsp3) is 0.750. The molecule has 1 aliphatic carbocycles. The lowest BCUT2D eigenvalue weighted by Gasteiger charge is -2.48. The van der Waals surface area contributed by atoms with Gasteiger partial charge >= 0.3 is 0 Å². The minimum absolute atomic E-state index is 0.199. The van der Waals surface area contributed by atoms with Gasteiger partial charge in [-0.05, 0) is 6.08 Å². The number of aliphatic hydroxyl groups is 4. The van der Waals surface area contributed by atoms with Crippen molar-refractivity contribution in [2.45, 2.75) is 68.6 Å². The van der Waals surface area contributed by atoms with Crippen LogP contribution < -0.4 is 10.6 Å². The number of terminal acetylenes is 1. The predicted octanol–water partition coefficient (Wildman–Crippen LogP) is -2.83. The first-order valence-electron chi connectivity index (χ1n) is 10.0. The number of carbonyl (C=O) groups is 1. The summed E-state index contributed by atoms with van der Waals surface area (Å²) in [7, 11) is 1.33. The number of amides is 1. The van der Waals surface area contributed by atoms with Gasteiger partial charge in [-0.3, -0.25) is 4.79 Å². The Morgan fingerprint density at radius 3 is 2.58 bits per heavy atom. The summed E-state index contributed by atoms with van der Waals surface area (Å²) in [6.07, 6.45) is -1.39. The zero-order valence-electron chi connectivity index (χ0n) is 17.6. The predicted molar refractivity (Wildman–Crippen MR) is 105 cm³/mol. The standard InChI is InChI=1S/C20H30N2O9/c1-5-6-21-12-7-20(12)17(15(26)16(27)19(28-4)31-20)30-18-13(22-10(3)24)9(2)14(25)11(8-23)29-18/h1,7,9,11,13-19,21,23,25-27H,6,8H2,2-4H3,(H,22,24)/t9?,11?,13?,14?,15?,16?,17-,18-,19?,20+/m1/s1. The maximum atomic E-state index is 11.7. The summed E-state index contributed by atoms with van der Waals surface area (Å²) in [6.45, 7) is 2.71. The van der Waals surface area contributed by atoms with Crippen LogP contribution in [0.25, 0.3) is 0 Å². The van der Waals surface area contributed by atoms with Crippen LogP contribution in [0.15, 0.2) is 11.8 Å². The minimum atomic E-state index is -1.45. The maximum Gasteiger partial charge on any atom is 0.217 e. The summed E-state index contributed by atoms with van der Waals surface area (Å²) in [4.78, 5) is 11.7. The second-order valence-corrected chi connectivity index (χ2v) is 7.97. The van der Waals surface area contributed by atoms with Crippen molar-refractivity contribution in [1.29, 1.82) is 0 Å². The van der Waals surface area contributed by atoms with Crippen molar-refractivity contribution < 1.29 is 44.2 Å². The van der Waals surface area contributed by atoms with Crippen molar-refractivity contribution in [3.63, 3.8) is 0 Å². The Morgan fingerprint density at radius 2 is 2.00 bits per heavy atom. The third-order valence-electron chi connectivity index (χ3n) is 5.90. The van der Waals surface area contributed by atoms with Crippen molar-refractivity contribution in [2.75, 3.05) is 20.3 Å². The van der Waals surface area contributed by atoms with Gasteiger partial charge in [0, 0.05) is 20.0 Å². The molecule has 0 aromatic carbocycles. The van der Waals surface area contributed by atoms with E-state index in [-0.39, 0.29) is 12.5 Å². The summed E-state index contributed by atoms with van der Waals surface area (Å²) >= 11 is 0. The molecule has 11 nitrogen and oxygen atoms in total. The average molecular weight is 442 g/mol. The van der Waals surface area contributed by atoms with Crippen LogP contribution in [0.3, 0.4) is 0 Å². The minimum Gasteiger partial charge on any atom is -0.394 e. The highest BCUT2D eigenvalue weighted by Crippen LogP contribution is 2.48. The van der Waals surface area contributed by atoms with Gasteiger partial charge in [-0.15, -0.1) is 6.42 Å². The van der Waals surface area contributed by atoms with Crippen LogP contribution in [0, 0.1) is 18.3 Å². The van der Waals surface area contributed by atoms with Gasteiger partial charge in [0.15, 0.2) is 18.2 Å². The number of nitrogens with one attached hydrogen (secondary N) is 2. The van der Waals surface area contributed by atoms with Crippen molar-refractivity contribution in [1.82, 2.24) is 10.6 Å². The van der Waals surface area contributed by atoms with E-state index in [1.165, 1.54) is 14.0 Å². The molecular weight excluding hydrogens is 412 g/mol. The van der Waals surface area contributed by atoms with Crippen molar-refractivity contribution >= 4 is 5.91 Å². The third kappa shape index (κ3) is 4.44. The van der Waals surface area contributed by atoms with Gasteiger partial charge < -0.3 is 50.0 Å². The van der Waals surface area contributed by atoms with Gasteiger partial charge in [0.25, 0.3) is 0 Å². The lowest BCUT2D eigenvalue weighted by atomic mass is 9.88. The molecule has 6 N–H and O–H groups in total. The van der Waals surface area contributed by atoms with E-state index < -0.39 is 67.3 Å². The molecule has 7 unspecified atom stereocenters. The molecule has 11 heteroatoms. The first kappa shape index (κ1) is 23.9. The molecular formula is C20H30N2O9. The number of hydrogen-bond donors (Lipinski definition) is 6. The lowest BCUT2D eigenvalue weighted by Crippen LogP contribution is -2.66. The van der Waals surface area contributed by atoms with E-state index in [4.69, 9.17) is 25.4 Å². The van der Waals surface area contributed by atoms with Crippen molar-refractivity contribution in [3.8, 4) is 12.3 Å². The van der Waals surface area contributed by atoms with Gasteiger partial charge in [-0.25, -0.2) is 0 Å². The number of methoxy groups -OCH3 is 1. The maximum absolute atomic E-state index is 11.7. The number of rotatable bonds is 7. The molecule has 0 radical (unpaired) electrons. The highest BCUT2D eigenvalue weighted by molar-refractivity contribution is 5.73.